The first-order valence-electron chi connectivity index (χ1n) is 6.39. The summed E-state index contributed by atoms with van der Waals surface area (Å²) in [5, 5.41) is 0. The summed E-state index contributed by atoms with van der Waals surface area (Å²) in [6, 6.07) is 19.9. The van der Waals surface area contributed by atoms with Crippen molar-refractivity contribution in [1.29, 1.82) is 0 Å². The maximum absolute atomic E-state index is 12.0. The van der Waals surface area contributed by atoms with Gasteiger partial charge in [0.15, 0.2) is 5.78 Å². The molecule has 0 heterocycles. The molecule has 1 heteroatoms. The van der Waals surface area contributed by atoms with Crippen molar-refractivity contribution in [3.63, 3.8) is 0 Å². The van der Waals surface area contributed by atoms with Crippen LogP contribution in [-0.4, -0.2) is 5.78 Å². The Bertz CT molecular complexity index is 591. The predicted molar refractivity (Wildman–Crippen MR) is 78.5 cm³/mol. The summed E-state index contributed by atoms with van der Waals surface area (Å²) in [4.78, 5) is 12.0. The van der Waals surface area contributed by atoms with Crippen molar-refractivity contribution in [2.75, 3.05) is 0 Å². The summed E-state index contributed by atoms with van der Waals surface area (Å²) in [5.41, 5.74) is 3.97. The number of carbonyl (C=O) groups excluding carboxylic acids is 1. The molecule has 0 N–H and O–H groups in total. The summed E-state index contributed by atoms with van der Waals surface area (Å²) >= 11 is 0. The zero-order valence-electron chi connectivity index (χ0n) is 10.5. The maximum Gasteiger partial charge on any atom is 0.185 e. The lowest BCUT2D eigenvalue weighted by molar-refractivity contribution is -0.114. The van der Waals surface area contributed by atoms with Gasteiger partial charge in [-0.15, -0.1) is 0 Å². The van der Waals surface area contributed by atoms with Gasteiger partial charge in [-0.25, -0.2) is 0 Å². The molecular weight excluding hydrogens is 232 g/mol. The number of rotatable bonds is 2. The number of ketones is 1. The molecule has 0 bridgehead atoms. The molecule has 0 aliphatic heterocycles. The number of Topliss-reactive ketones (excluding diaryl/α,β-unsaturated/α-hetero) is 1. The maximum atomic E-state index is 12.0. The number of benzene rings is 2. The average Bonchev–Trinajstić information content (AvgIpc) is 2.48. The van der Waals surface area contributed by atoms with Gasteiger partial charge in [0.05, 0.1) is 0 Å². The number of hydrogen-bond acceptors (Lipinski definition) is 1. The molecule has 0 atom stereocenters. The lowest BCUT2D eigenvalue weighted by Gasteiger charge is -2.20. The van der Waals surface area contributed by atoms with Crippen LogP contribution in [0.4, 0.5) is 0 Å². The van der Waals surface area contributed by atoms with Crippen LogP contribution in [0.1, 0.15) is 17.5 Å². The fraction of sp³-hybridized carbons (Fsp3) is 0.0556. The highest BCUT2D eigenvalue weighted by Crippen LogP contribution is 2.31. The summed E-state index contributed by atoms with van der Waals surface area (Å²) in [5.74, 6) is 0.174. The van der Waals surface area contributed by atoms with Gasteiger partial charge in [-0.1, -0.05) is 60.7 Å². The van der Waals surface area contributed by atoms with Crippen molar-refractivity contribution < 1.29 is 4.79 Å². The Balaban J connectivity index is 1.78. The smallest absolute Gasteiger partial charge is 0.185 e. The molecule has 1 saturated carbocycles. The van der Waals surface area contributed by atoms with E-state index in [0.29, 0.717) is 0 Å². The number of hydrogen-bond donors (Lipinski definition) is 0. The SMILES string of the molecule is O=C1/C(=C/c2ccccc2)C/C1=C\c1ccccc1. The van der Waals surface area contributed by atoms with Crippen molar-refractivity contribution in [3.05, 3.63) is 82.9 Å². The highest BCUT2D eigenvalue weighted by atomic mass is 16.1. The molecule has 3 rings (SSSR count). The fourth-order valence-electron chi connectivity index (χ4n) is 2.20. The van der Waals surface area contributed by atoms with Crippen LogP contribution in [0.25, 0.3) is 12.2 Å². The molecule has 0 radical (unpaired) electrons. The van der Waals surface area contributed by atoms with Crippen LogP contribution in [0.3, 0.4) is 0 Å². The molecule has 1 aliphatic rings. The molecule has 0 spiro atoms. The Kier molecular flexibility index (Phi) is 3.11. The van der Waals surface area contributed by atoms with Gasteiger partial charge >= 0.3 is 0 Å². The van der Waals surface area contributed by atoms with Crippen molar-refractivity contribution in [2.45, 2.75) is 6.42 Å². The highest BCUT2D eigenvalue weighted by molar-refractivity contribution is 6.20. The Morgan fingerprint density at radius 1 is 0.684 bits per heavy atom. The van der Waals surface area contributed by atoms with Gasteiger partial charge in [-0.05, 0) is 23.3 Å². The van der Waals surface area contributed by atoms with Gasteiger partial charge in [0.25, 0.3) is 0 Å². The molecular formula is C18H14O. The lowest BCUT2D eigenvalue weighted by Crippen LogP contribution is -2.18. The van der Waals surface area contributed by atoms with E-state index < -0.39 is 0 Å². The van der Waals surface area contributed by atoms with Gasteiger partial charge in [0.1, 0.15) is 0 Å². The topological polar surface area (TPSA) is 17.1 Å². The lowest BCUT2D eigenvalue weighted by atomic mass is 9.82. The van der Waals surface area contributed by atoms with E-state index in [-0.39, 0.29) is 5.78 Å². The normalized spacial score (nSPS) is 18.6. The van der Waals surface area contributed by atoms with Crippen molar-refractivity contribution in [1.82, 2.24) is 0 Å². The fourth-order valence-corrected chi connectivity index (χ4v) is 2.20. The van der Waals surface area contributed by atoms with Gasteiger partial charge in [0, 0.05) is 17.6 Å². The van der Waals surface area contributed by atoms with E-state index >= 15 is 0 Å². The summed E-state index contributed by atoms with van der Waals surface area (Å²) in [6.07, 6.45) is 4.72. The second-order valence-corrected chi connectivity index (χ2v) is 4.67. The van der Waals surface area contributed by atoms with E-state index in [1.165, 1.54) is 0 Å². The van der Waals surface area contributed by atoms with E-state index in [2.05, 4.69) is 0 Å². The number of allylic oxidation sites excluding steroid dienone is 2. The monoisotopic (exact) mass is 246 g/mol. The third-order valence-corrected chi connectivity index (χ3v) is 3.25. The standard InChI is InChI=1S/C18H14O/c19-18-16(11-14-7-3-1-4-8-14)13-17(18)12-15-9-5-2-6-10-15/h1-12H,13H2/b16-11+,17-12+. The Morgan fingerprint density at radius 2 is 1.11 bits per heavy atom. The third kappa shape index (κ3) is 2.55. The van der Waals surface area contributed by atoms with Crippen LogP contribution in [0.2, 0.25) is 0 Å². The van der Waals surface area contributed by atoms with Gasteiger partial charge in [0.2, 0.25) is 0 Å². The van der Waals surface area contributed by atoms with E-state index in [9.17, 15) is 4.79 Å². The summed E-state index contributed by atoms with van der Waals surface area (Å²) in [7, 11) is 0. The molecule has 1 nitrogen and oxygen atoms in total. The molecule has 0 unspecified atom stereocenters. The quantitative estimate of drug-likeness (QED) is 0.728. The molecule has 1 aliphatic carbocycles. The highest BCUT2D eigenvalue weighted by Gasteiger charge is 2.26. The Hall–Kier alpha value is -2.41. The largest absolute Gasteiger partial charge is 0.289 e. The average molecular weight is 246 g/mol. The molecule has 0 aromatic heterocycles. The minimum atomic E-state index is 0.174. The zero-order valence-corrected chi connectivity index (χ0v) is 10.5. The van der Waals surface area contributed by atoms with Crippen LogP contribution in [0.5, 0.6) is 0 Å². The molecule has 0 amide bonds. The Labute approximate surface area is 112 Å². The van der Waals surface area contributed by atoms with E-state index in [0.717, 1.165) is 28.7 Å². The summed E-state index contributed by atoms with van der Waals surface area (Å²) in [6.45, 7) is 0. The van der Waals surface area contributed by atoms with E-state index in [4.69, 9.17) is 0 Å². The first kappa shape index (κ1) is 11.7. The number of carbonyl (C=O) groups is 1. The minimum absolute atomic E-state index is 0.174. The van der Waals surface area contributed by atoms with Crippen LogP contribution in [-0.2, 0) is 4.79 Å². The van der Waals surface area contributed by atoms with E-state index in [1.54, 1.807) is 0 Å². The molecule has 2 aromatic rings. The van der Waals surface area contributed by atoms with Crippen LogP contribution < -0.4 is 0 Å². The van der Waals surface area contributed by atoms with Crippen LogP contribution in [0, 0.1) is 0 Å². The second kappa shape index (κ2) is 5.07. The van der Waals surface area contributed by atoms with Crippen molar-refractivity contribution in [3.8, 4) is 0 Å². The third-order valence-electron chi connectivity index (χ3n) is 3.25. The molecule has 92 valence electrons. The predicted octanol–water partition coefficient (Wildman–Crippen LogP) is 4.13. The van der Waals surface area contributed by atoms with Gasteiger partial charge in [-0.3, -0.25) is 4.79 Å². The molecule has 19 heavy (non-hydrogen) atoms. The molecule has 2 aromatic carbocycles. The molecule has 1 fully saturated rings. The van der Waals surface area contributed by atoms with Gasteiger partial charge in [-0.2, -0.15) is 0 Å². The second-order valence-electron chi connectivity index (χ2n) is 4.67. The minimum Gasteiger partial charge on any atom is -0.289 e. The first-order valence-corrected chi connectivity index (χ1v) is 6.39. The van der Waals surface area contributed by atoms with Gasteiger partial charge < -0.3 is 0 Å². The van der Waals surface area contributed by atoms with Crippen LogP contribution in [0.15, 0.2) is 71.8 Å². The summed E-state index contributed by atoms with van der Waals surface area (Å²) < 4.78 is 0. The Morgan fingerprint density at radius 3 is 1.47 bits per heavy atom. The van der Waals surface area contributed by atoms with E-state index in [1.807, 2.05) is 72.8 Å². The van der Waals surface area contributed by atoms with Crippen molar-refractivity contribution in [2.24, 2.45) is 0 Å². The zero-order chi connectivity index (χ0) is 13.1. The van der Waals surface area contributed by atoms with Crippen LogP contribution >= 0.6 is 0 Å². The first-order chi connectivity index (χ1) is 9.33. The molecule has 0 saturated heterocycles. The van der Waals surface area contributed by atoms with Crippen molar-refractivity contribution >= 4 is 17.9 Å².